The van der Waals surface area contributed by atoms with Crippen LogP contribution in [0.1, 0.15) is 18.9 Å². The van der Waals surface area contributed by atoms with Crippen LogP contribution in [0.15, 0.2) is 12.1 Å². The molecule has 0 aliphatic carbocycles. The molecule has 4 heteroatoms. The first-order valence-corrected chi connectivity index (χ1v) is 4.21. The van der Waals surface area contributed by atoms with Crippen molar-refractivity contribution in [3.8, 4) is 11.8 Å². The zero-order valence-corrected chi connectivity index (χ0v) is 7.68. The number of nitrogens with zero attached hydrogens (tertiary/aromatic N) is 1. The molecule has 2 nitrogen and oxygen atoms in total. The molecule has 1 rings (SSSR count). The lowest BCUT2D eigenvalue weighted by atomic mass is 10.2. The highest BCUT2D eigenvalue weighted by Crippen LogP contribution is 2.24. The van der Waals surface area contributed by atoms with Gasteiger partial charge in [0.1, 0.15) is 17.4 Å². The van der Waals surface area contributed by atoms with Crippen LogP contribution in [-0.4, -0.2) is 6.61 Å². The van der Waals surface area contributed by atoms with Gasteiger partial charge in [0.15, 0.2) is 11.6 Å². The molecule has 0 heterocycles. The molecule has 0 N–H and O–H groups in total. The quantitative estimate of drug-likeness (QED) is 0.746. The van der Waals surface area contributed by atoms with Crippen molar-refractivity contribution < 1.29 is 13.5 Å². The standard InChI is InChI=1S/C10H9F2NO/c1-2-5-14-10-7(6-13)8(11)3-4-9(10)12/h3-4H,2,5H2,1H3. The third-order valence-electron chi connectivity index (χ3n) is 1.62. The summed E-state index contributed by atoms with van der Waals surface area (Å²) in [6.45, 7) is 2.10. The van der Waals surface area contributed by atoms with Crippen LogP contribution < -0.4 is 4.74 Å². The molecule has 0 amide bonds. The van der Waals surface area contributed by atoms with E-state index >= 15 is 0 Å². The molecule has 1 aromatic rings. The van der Waals surface area contributed by atoms with Crippen molar-refractivity contribution in [2.75, 3.05) is 6.61 Å². The van der Waals surface area contributed by atoms with E-state index in [9.17, 15) is 8.78 Å². The number of benzene rings is 1. The fraction of sp³-hybridized carbons (Fsp3) is 0.300. The van der Waals surface area contributed by atoms with E-state index in [0.29, 0.717) is 6.42 Å². The van der Waals surface area contributed by atoms with E-state index < -0.39 is 11.6 Å². The van der Waals surface area contributed by atoms with Crippen LogP contribution in [0.4, 0.5) is 8.78 Å². The fourth-order valence-electron chi connectivity index (χ4n) is 0.983. The first-order chi connectivity index (χ1) is 6.70. The molecular weight excluding hydrogens is 188 g/mol. The molecule has 0 radical (unpaired) electrons. The monoisotopic (exact) mass is 197 g/mol. The summed E-state index contributed by atoms with van der Waals surface area (Å²) in [5.74, 6) is -1.77. The van der Waals surface area contributed by atoms with Gasteiger partial charge in [-0.15, -0.1) is 0 Å². The van der Waals surface area contributed by atoms with Gasteiger partial charge in [0.25, 0.3) is 0 Å². The Morgan fingerprint density at radius 1 is 1.36 bits per heavy atom. The average molecular weight is 197 g/mol. The predicted octanol–water partition coefficient (Wildman–Crippen LogP) is 2.63. The van der Waals surface area contributed by atoms with Gasteiger partial charge < -0.3 is 4.74 Å². The molecule has 74 valence electrons. The Hall–Kier alpha value is -1.63. The molecule has 14 heavy (non-hydrogen) atoms. The van der Waals surface area contributed by atoms with E-state index in [1.54, 1.807) is 6.07 Å². The molecule has 0 aromatic heterocycles. The highest BCUT2D eigenvalue weighted by Gasteiger charge is 2.14. The largest absolute Gasteiger partial charge is 0.489 e. The summed E-state index contributed by atoms with van der Waals surface area (Å²) in [7, 11) is 0. The van der Waals surface area contributed by atoms with E-state index in [2.05, 4.69) is 0 Å². The number of ether oxygens (including phenoxy) is 1. The maximum absolute atomic E-state index is 13.1. The van der Waals surface area contributed by atoms with Gasteiger partial charge in [-0.3, -0.25) is 0 Å². The van der Waals surface area contributed by atoms with Crippen LogP contribution in [0.25, 0.3) is 0 Å². The van der Waals surface area contributed by atoms with Crippen LogP contribution in [-0.2, 0) is 0 Å². The molecule has 0 spiro atoms. The normalized spacial score (nSPS) is 9.57. The van der Waals surface area contributed by atoms with E-state index in [1.807, 2.05) is 6.92 Å². The van der Waals surface area contributed by atoms with Crippen LogP contribution >= 0.6 is 0 Å². The van der Waals surface area contributed by atoms with Gasteiger partial charge in [0.05, 0.1) is 6.61 Å². The van der Waals surface area contributed by atoms with Gasteiger partial charge in [0, 0.05) is 0 Å². The molecule has 0 atom stereocenters. The smallest absolute Gasteiger partial charge is 0.175 e. The summed E-state index contributed by atoms with van der Waals surface area (Å²) < 4.78 is 31.0. The van der Waals surface area contributed by atoms with E-state index in [4.69, 9.17) is 10.00 Å². The highest BCUT2D eigenvalue weighted by molar-refractivity contribution is 5.44. The van der Waals surface area contributed by atoms with Crippen LogP contribution in [0.3, 0.4) is 0 Å². The maximum atomic E-state index is 13.1. The van der Waals surface area contributed by atoms with Crippen LogP contribution in [0, 0.1) is 23.0 Å². The number of halogens is 2. The summed E-state index contributed by atoms with van der Waals surface area (Å²) in [5.41, 5.74) is -0.376. The first-order valence-electron chi connectivity index (χ1n) is 4.21. The summed E-state index contributed by atoms with van der Waals surface area (Å²) in [5, 5.41) is 8.59. The first kappa shape index (κ1) is 10.5. The average Bonchev–Trinajstić information content (AvgIpc) is 2.19. The second kappa shape index (κ2) is 4.56. The summed E-state index contributed by atoms with van der Waals surface area (Å²) in [6, 6.07) is 3.43. The van der Waals surface area contributed by atoms with Gasteiger partial charge in [-0.25, -0.2) is 8.78 Å². The Morgan fingerprint density at radius 3 is 2.57 bits per heavy atom. The SMILES string of the molecule is CCCOc1c(F)ccc(F)c1C#N. The Bertz CT molecular complexity index is 371. The van der Waals surface area contributed by atoms with E-state index in [0.717, 1.165) is 12.1 Å². The second-order valence-corrected chi connectivity index (χ2v) is 2.69. The van der Waals surface area contributed by atoms with Gasteiger partial charge in [0.2, 0.25) is 0 Å². The Kier molecular flexibility index (Phi) is 3.41. The Labute approximate surface area is 80.7 Å². The van der Waals surface area contributed by atoms with Crippen LogP contribution in [0.5, 0.6) is 5.75 Å². The topological polar surface area (TPSA) is 33.0 Å². The zero-order chi connectivity index (χ0) is 10.6. The Morgan fingerprint density at radius 2 is 2.00 bits per heavy atom. The predicted molar refractivity (Wildman–Crippen MR) is 46.9 cm³/mol. The third-order valence-corrected chi connectivity index (χ3v) is 1.62. The van der Waals surface area contributed by atoms with Crippen molar-refractivity contribution in [1.82, 2.24) is 0 Å². The lowest BCUT2D eigenvalue weighted by Gasteiger charge is -2.07. The molecular formula is C10H9F2NO. The second-order valence-electron chi connectivity index (χ2n) is 2.69. The minimum atomic E-state index is -0.764. The molecule has 0 saturated carbocycles. The van der Waals surface area contributed by atoms with Crippen molar-refractivity contribution in [2.24, 2.45) is 0 Å². The van der Waals surface area contributed by atoms with Crippen molar-refractivity contribution in [1.29, 1.82) is 5.26 Å². The molecule has 0 aliphatic rings. The molecule has 1 aromatic carbocycles. The Balaban J connectivity index is 3.11. The molecule has 0 aliphatic heterocycles. The summed E-state index contributed by atoms with van der Waals surface area (Å²) in [4.78, 5) is 0. The lowest BCUT2D eigenvalue weighted by molar-refractivity contribution is 0.298. The minimum absolute atomic E-state index is 0.259. The highest BCUT2D eigenvalue weighted by atomic mass is 19.1. The van der Waals surface area contributed by atoms with E-state index in [-0.39, 0.29) is 17.9 Å². The van der Waals surface area contributed by atoms with Crippen molar-refractivity contribution in [3.05, 3.63) is 29.3 Å². The number of hydrogen-bond acceptors (Lipinski definition) is 2. The van der Waals surface area contributed by atoms with Gasteiger partial charge in [-0.2, -0.15) is 5.26 Å². The summed E-state index contributed by atoms with van der Waals surface area (Å²) in [6.07, 6.45) is 0.667. The summed E-state index contributed by atoms with van der Waals surface area (Å²) >= 11 is 0. The number of nitriles is 1. The fourth-order valence-corrected chi connectivity index (χ4v) is 0.983. The third kappa shape index (κ3) is 1.99. The molecule has 0 bridgehead atoms. The van der Waals surface area contributed by atoms with E-state index in [1.165, 1.54) is 0 Å². The number of rotatable bonds is 3. The number of hydrogen-bond donors (Lipinski definition) is 0. The van der Waals surface area contributed by atoms with Gasteiger partial charge >= 0.3 is 0 Å². The zero-order valence-electron chi connectivity index (χ0n) is 7.68. The van der Waals surface area contributed by atoms with Crippen molar-refractivity contribution >= 4 is 0 Å². The van der Waals surface area contributed by atoms with Gasteiger partial charge in [-0.05, 0) is 18.6 Å². The van der Waals surface area contributed by atoms with Crippen molar-refractivity contribution in [3.63, 3.8) is 0 Å². The van der Waals surface area contributed by atoms with Crippen molar-refractivity contribution in [2.45, 2.75) is 13.3 Å². The lowest BCUT2D eigenvalue weighted by Crippen LogP contribution is -2.01. The minimum Gasteiger partial charge on any atom is -0.489 e. The maximum Gasteiger partial charge on any atom is 0.175 e. The molecule has 0 fully saturated rings. The van der Waals surface area contributed by atoms with Crippen LogP contribution in [0.2, 0.25) is 0 Å². The van der Waals surface area contributed by atoms with Gasteiger partial charge in [-0.1, -0.05) is 6.92 Å². The molecule has 0 unspecified atom stereocenters. The molecule has 0 saturated heterocycles.